The number of rotatable bonds is 10. The van der Waals surface area contributed by atoms with E-state index in [0.717, 1.165) is 28.6 Å². The van der Waals surface area contributed by atoms with E-state index in [1.54, 1.807) is 31.2 Å². The van der Waals surface area contributed by atoms with Gasteiger partial charge in [0.1, 0.15) is 6.54 Å². The van der Waals surface area contributed by atoms with Crippen LogP contribution in [0.25, 0.3) is 6.08 Å². The second kappa shape index (κ2) is 11.4. The lowest BCUT2D eigenvalue weighted by Gasteiger charge is -2.13. The Labute approximate surface area is 200 Å². The molecule has 0 radical (unpaired) electrons. The number of carbonyl (C=O) groups is 4. The predicted octanol–water partition coefficient (Wildman–Crippen LogP) is 3.79. The van der Waals surface area contributed by atoms with Gasteiger partial charge in [-0.1, -0.05) is 25.1 Å². The zero-order valence-corrected chi connectivity index (χ0v) is 19.5. The highest BCUT2D eigenvalue weighted by atomic mass is 32.2. The number of benzene rings is 2. The number of imide groups is 1. The average molecular weight is 485 g/mol. The van der Waals surface area contributed by atoms with Crippen LogP contribution in [0.1, 0.15) is 25.0 Å². The van der Waals surface area contributed by atoms with Gasteiger partial charge in [-0.2, -0.15) is 0 Å². The number of carboxylic acids is 1. The number of carboxylic acid groups (broad SMARTS) is 1. The van der Waals surface area contributed by atoms with E-state index in [1.807, 2.05) is 19.1 Å². The van der Waals surface area contributed by atoms with Crippen molar-refractivity contribution < 1.29 is 33.8 Å². The highest BCUT2D eigenvalue weighted by Gasteiger charge is 2.36. The van der Waals surface area contributed by atoms with Crippen LogP contribution in [-0.2, 0) is 20.8 Å². The lowest BCUT2D eigenvalue weighted by molar-refractivity contribution is -0.139. The van der Waals surface area contributed by atoms with Crippen molar-refractivity contribution in [2.75, 3.05) is 25.1 Å². The summed E-state index contributed by atoms with van der Waals surface area (Å²) in [5.41, 5.74) is 2.26. The average Bonchev–Trinajstić information content (AvgIpc) is 3.06. The maximum absolute atomic E-state index is 12.8. The molecule has 10 heteroatoms. The van der Waals surface area contributed by atoms with Gasteiger partial charge in [-0.05, 0) is 66.6 Å². The molecule has 0 unspecified atom stereocenters. The SMILES string of the molecule is CCOc1cc(C=C2SC(=O)N(CC(=O)Nc3ccc(CC)cc3)C2=O)ccc1OCC(=O)O. The Kier molecular flexibility index (Phi) is 8.31. The molecule has 1 saturated heterocycles. The van der Waals surface area contributed by atoms with Crippen molar-refractivity contribution in [2.45, 2.75) is 20.3 Å². The van der Waals surface area contributed by atoms with Crippen LogP contribution < -0.4 is 14.8 Å². The zero-order valence-electron chi connectivity index (χ0n) is 18.7. The fourth-order valence-corrected chi connectivity index (χ4v) is 3.94. The maximum Gasteiger partial charge on any atom is 0.341 e. The highest BCUT2D eigenvalue weighted by molar-refractivity contribution is 8.18. The first-order valence-electron chi connectivity index (χ1n) is 10.6. The topological polar surface area (TPSA) is 122 Å². The fraction of sp³-hybridized carbons (Fsp3) is 0.250. The van der Waals surface area contributed by atoms with Gasteiger partial charge in [0.05, 0.1) is 11.5 Å². The van der Waals surface area contributed by atoms with Crippen molar-refractivity contribution in [1.29, 1.82) is 0 Å². The molecule has 9 nitrogen and oxygen atoms in total. The van der Waals surface area contributed by atoms with E-state index in [-0.39, 0.29) is 10.7 Å². The Morgan fingerprint density at radius 1 is 1.06 bits per heavy atom. The predicted molar refractivity (Wildman–Crippen MR) is 128 cm³/mol. The smallest absolute Gasteiger partial charge is 0.341 e. The Hall–Kier alpha value is -3.79. The minimum atomic E-state index is -1.12. The van der Waals surface area contributed by atoms with Crippen molar-refractivity contribution in [2.24, 2.45) is 0 Å². The summed E-state index contributed by atoms with van der Waals surface area (Å²) in [5.74, 6) is -1.62. The Morgan fingerprint density at radius 3 is 2.44 bits per heavy atom. The molecule has 0 bridgehead atoms. The van der Waals surface area contributed by atoms with Crippen molar-refractivity contribution in [1.82, 2.24) is 4.90 Å². The third kappa shape index (κ3) is 6.38. The van der Waals surface area contributed by atoms with Crippen LogP contribution in [0.5, 0.6) is 11.5 Å². The van der Waals surface area contributed by atoms with Crippen molar-refractivity contribution in [3.63, 3.8) is 0 Å². The first-order chi connectivity index (χ1) is 16.3. The third-order valence-corrected chi connectivity index (χ3v) is 5.65. The number of nitrogens with one attached hydrogen (secondary N) is 1. The lowest BCUT2D eigenvalue weighted by atomic mass is 10.1. The summed E-state index contributed by atoms with van der Waals surface area (Å²) in [6, 6.07) is 12.1. The third-order valence-electron chi connectivity index (χ3n) is 4.74. The first kappa shape index (κ1) is 24.8. The molecule has 0 spiro atoms. The summed E-state index contributed by atoms with van der Waals surface area (Å²) in [5, 5.41) is 10.9. The molecule has 0 saturated carbocycles. The van der Waals surface area contributed by atoms with Gasteiger partial charge in [0.15, 0.2) is 18.1 Å². The minimum Gasteiger partial charge on any atom is -0.490 e. The van der Waals surface area contributed by atoms with Crippen LogP contribution in [0, 0.1) is 0 Å². The van der Waals surface area contributed by atoms with Gasteiger partial charge in [0.2, 0.25) is 5.91 Å². The van der Waals surface area contributed by atoms with E-state index < -0.39 is 36.2 Å². The van der Waals surface area contributed by atoms with E-state index in [1.165, 1.54) is 12.1 Å². The van der Waals surface area contributed by atoms with E-state index in [9.17, 15) is 19.2 Å². The van der Waals surface area contributed by atoms with Gasteiger partial charge in [0, 0.05) is 5.69 Å². The molecule has 1 aliphatic heterocycles. The first-order valence-corrected chi connectivity index (χ1v) is 11.4. The summed E-state index contributed by atoms with van der Waals surface area (Å²) in [6.07, 6.45) is 2.39. The molecule has 2 N–H and O–H groups in total. The van der Waals surface area contributed by atoms with E-state index in [2.05, 4.69) is 5.32 Å². The van der Waals surface area contributed by atoms with Crippen molar-refractivity contribution >= 4 is 46.5 Å². The Balaban J connectivity index is 1.70. The van der Waals surface area contributed by atoms with Gasteiger partial charge in [-0.15, -0.1) is 0 Å². The number of hydrogen-bond donors (Lipinski definition) is 2. The Bertz CT molecular complexity index is 1130. The number of aryl methyl sites for hydroxylation is 1. The number of carbonyl (C=O) groups excluding carboxylic acids is 3. The van der Waals surface area contributed by atoms with Crippen LogP contribution in [0.15, 0.2) is 47.4 Å². The number of amides is 3. The van der Waals surface area contributed by atoms with Gasteiger partial charge in [-0.3, -0.25) is 19.3 Å². The molecule has 0 atom stereocenters. The number of anilines is 1. The summed E-state index contributed by atoms with van der Waals surface area (Å²) < 4.78 is 10.7. The second-order valence-electron chi connectivity index (χ2n) is 7.19. The molecule has 1 heterocycles. The number of thioether (sulfide) groups is 1. The largest absolute Gasteiger partial charge is 0.490 e. The second-order valence-corrected chi connectivity index (χ2v) is 8.18. The molecule has 0 aliphatic carbocycles. The van der Waals surface area contributed by atoms with Crippen LogP contribution in [0.4, 0.5) is 10.5 Å². The molecule has 1 fully saturated rings. The van der Waals surface area contributed by atoms with Crippen molar-refractivity contribution in [3.05, 3.63) is 58.5 Å². The fourth-order valence-electron chi connectivity index (χ4n) is 3.10. The molecule has 34 heavy (non-hydrogen) atoms. The molecule has 2 aromatic carbocycles. The minimum absolute atomic E-state index is 0.159. The summed E-state index contributed by atoms with van der Waals surface area (Å²) in [6.45, 7) is 3.19. The molecule has 3 rings (SSSR count). The molecule has 178 valence electrons. The lowest BCUT2D eigenvalue weighted by Crippen LogP contribution is -2.36. The summed E-state index contributed by atoms with van der Waals surface area (Å²) in [7, 11) is 0. The van der Waals surface area contributed by atoms with E-state index in [4.69, 9.17) is 14.6 Å². The zero-order chi connectivity index (χ0) is 24.7. The molecule has 1 aliphatic rings. The summed E-state index contributed by atoms with van der Waals surface area (Å²) in [4.78, 5) is 49.3. The molecule has 3 amide bonds. The quantitative estimate of drug-likeness (QED) is 0.489. The number of aliphatic carboxylic acids is 1. The van der Waals surface area contributed by atoms with Gasteiger partial charge in [-0.25, -0.2) is 4.79 Å². The normalized spacial score (nSPS) is 14.4. The molecular formula is C24H24N2O7S. The van der Waals surface area contributed by atoms with Gasteiger partial charge >= 0.3 is 5.97 Å². The van der Waals surface area contributed by atoms with E-state index >= 15 is 0 Å². The van der Waals surface area contributed by atoms with Gasteiger partial charge in [0.25, 0.3) is 11.1 Å². The Morgan fingerprint density at radius 2 is 1.79 bits per heavy atom. The molecule has 2 aromatic rings. The molecule has 0 aromatic heterocycles. The van der Waals surface area contributed by atoms with Gasteiger partial charge < -0.3 is 19.9 Å². The number of ether oxygens (including phenoxy) is 2. The summed E-state index contributed by atoms with van der Waals surface area (Å²) >= 11 is 0.736. The van der Waals surface area contributed by atoms with E-state index in [0.29, 0.717) is 23.6 Å². The monoisotopic (exact) mass is 484 g/mol. The van der Waals surface area contributed by atoms with Crippen LogP contribution in [0.2, 0.25) is 0 Å². The van der Waals surface area contributed by atoms with Crippen LogP contribution in [0.3, 0.4) is 0 Å². The highest BCUT2D eigenvalue weighted by Crippen LogP contribution is 2.34. The number of nitrogens with zero attached hydrogens (tertiary/aromatic N) is 1. The standard InChI is InChI=1S/C24H24N2O7S/c1-3-15-5-8-17(9-6-15)25-21(27)13-26-23(30)20(34-24(26)31)12-16-7-10-18(33-14-22(28)29)19(11-16)32-4-2/h5-12H,3-4,13-14H2,1-2H3,(H,25,27)(H,28,29). The van der Waals surface area contributed by atoms with Crippen molar-refractivity contribution in [3.8, 4) is 11.5 Å². The molecular weight excluding hydrogens is 460 g/mol. The number of hydrogen-bond acceptors (Lipinski definition) is 7. The van der Waals surface area contributed by atoms with Crippen LogP contribution >= 0.6 is 11.8 Å². The maximum atomic E-state index is 12.8. The van der Waals surface area contributed by atoms with Crippen LogP contribution in [-0.4, -0.2) is 52.8 Å².